The zero-order chi connectivity index (χ0) is 20.2. The number of carbonyl (C=O) groups excluding carboxylic acids is 2. The predicted molar refractivity (Wildman–Crippen MR) is 112 cm³/mol. The van der Waals surface area contributed by atoms with Crippen molar-refractivity contribution in [3.8, 4) is 0 Å². The first-order chi connectivity index (χ1) is 14.2. The van der Waals surface area contributed by atoms with Gasteiger partial charge in [-0.1, -0.05) is 18.2 Å². The van der Waals surface area contributed by atoms with Crippen molar-refractivity contribution in [2.24, 2.45) is 0 Å². The Kier molecular flexibility index (Phi) is 5.24. The van der Waals surface area contributed by atoms with Crippen molar-refractivity contribution < 1.29 is 14.3 Å². The minimum absolute atomic E-state index is 0.0608. The van der Waals surface area contributed by atoms with Crippen molar-refractivity contribution >= 4 is 28.9 Å². The number of benzene rings is 2. The molecule has 1 aliphatic heterocycles. The number of nitrogens with one attached hydrogen (secondary N) is 1. The van der Waals surface area contributed by atoms with Gasteiger partial charge in [0.25, 0.3) is 5.91 Å². The van der Waals surface area contributed by atoms with Crippen LogP contribution in [0.2, 0.25) is 0 Å². The summed E-state index contributed by atoms with van der Waals surface area (Å²) in [6.07, 6.45) is 5.18. The first-order valence-corrected chi connectivity index (χ1v) is 9.46. The number of carbonyl (C=O) groups is 2. The van der Waals surface area contributed by atoms with E-state index in [9.17, 15) is 9.59 Å². The minimum atomic E-state index is -0.382. The Balaban J connectivity index is 1.53. The van der Waals surface area contributed by atoms with Crippen molar-refractivity contribution in [1.29, 1.82) is 0 Å². The Morgan fingerprint density at radius 2 is 1.79 bits per heavy atom. The summed E-state index contributed by atoms with van der Waals surface area (Å²) < 4.78 is 4.71. The third-order valence-corrected chi connectivity index (χ3v) is 4.94. The standard InChI is InChI=1S/C23H21N3O3/c1-29-23(28)17-8-10-19(11-9-17)25-20-13-18(14-24-15-20)22(27)26-12-4-6-16-5-2-3-7-21(16)26/h2-3,5,7-11,13-15,25H,4,6,12H2,1H3. The molecule has 0 aliphatic carbocycles. The van der Waals surface area contributed by atoms with Crippen molar-refractivity contribution in [1.82, 2.24) is 4.98 Å². The summed E-state index contributed by atoms with van der Waals surface area (Å²) >= 11 is 0. The second kappa shape index (κ2) is 8.14. The van der Waals surface area contributed by atoms with Crippen LogP contribution in [0.3, 0.4) is 0 Å². The van der Waals surface area contributed by atoms with E-state index < -0.39 is 0 Å². The maximum Gasteiger partial charge on any atom is 0.337 e. The molecule has 2 aromatic carbocycles. The molecular weight excluding hydrogens is 366 g/mol. The van der Waals surface area contributed by atoms with Gasteiger partial charge in [0.05, 0.1) is 30.1 Å². The second-order valence-corrected chi connectivity index (χ2v) is 6.85. The fourth-order valence-corrected chi connectivity index (χ4v) is 3.50. The van der Waals surface area contributed by atoms with Gasteiger partial charge in [0.2, 0.25) is 0 Å². The molecule has 1 aliphatic rings. The molecule has 0 spiro atoms. The van der Waals surface area contributed by atoms with E-state index in [0.717, 1.165) is 24.2 Å². The van der Waals surface area contributed by atoms with Gasteiger partial charge < -0.3 is 15.0 Å². The largest absolute Gasteiger partial charge is 0.465 e. The number of anilines is 3. The number of esters is 1. The molecule has 6 heteroatoms. The van der Waals surface area contributed by atoms with Crippen LogP contribution < -0.4 is 10.2 Å². The highest BCUT2D eigenvalue weighted by atomic mass is 16.5. The molecule has 1 aromatic heterocycles. The number of amides is 1. The third kappa shape index (κ3) is 3.96. The number of para-hydroxylation sites is 1. The van der Waals surface area contributed by atoms with Gasteiger partial charge in [-0.05, 0) is 54.8 Å². The molecule has 6 nitrogen and oxygen atoms in total. The van der Waals surface area contributed by atoms with Crippen molar-refractivity contribution in [3.05, 3.63) is 83.7 Å². The van der Waals surface area contributed by atoms with Crippen molar-refractivity contribution in [2.75, 3.05) is 23.9 Å². The molecule has 146 valence electrons. The molecular formula is C23H21N3O3. The van der Waals surface area contributed by atoms with Gasteiger partial charge in [0, 0.05) is 24.1 Å². The van der Waals surface area contributed by atoms with E-state index in [-0.39, 0.29) is 11.9 Å². The molecule has 0 radical (unpaired) electrons. The Hall–Kier alpha value is -3.67. The Morgan fingerprint density at radius 1 is 1.00 bits per heavy atom. The molecule has 1 amide bonds. The van der Waals surface area contributed by atoms with Gasteiger partial charge in [0.1, 0.15) is 0 Å². The molecule has 29 heavy (non-hydrogen) atoms. The van der Waals surface area contributed by atoms with Gasteiger partial charge >= 0.3 is 5.97 Å². The lowest BCUT2D eigenvalue weighted by molar-refractivity contribution is 0.0600. The van der Waals surface area contributed by atoms with Crippen molar-refractivity contribution in [3.63, 3.8) is 0 Å². The van der Waals surface area contributed by atoms with Crippen LogP contribution in [0, 0.1) is 0 Å². The summed E-state index contributed by atoms with van der Waals surface area (Å²) in [6, 6.07) is 16.7. The minimum Gasteiger partial charge on any atom is -0.465 e. The van der Waals surface area contributed by atoms with Crippen LogP contribution in [-0.4, -0.2) is 30.5 Å². The van der Waals surface area contributed by atoms with E-state index in [4.69, 9.17) is 4.74 Å². The topological polar surface area (TPSA) is 71.5 Å². The van der Waals surface area contributed by atoms with E-state index in [1.165, 1.54) is 12.7 Å². The maximum absolute atomic E-state index is 13.1. The second-order valence-electron chi connectivity index (χ2n) is 6.85. The number of rotatable bonds is 4. The Bertz CT molecular complexity index is 1050. The molecule has 4 rings (SSSR count). The molecule has 1 N–H and O–H groups in total. The summed E-state index contributed by atoms with van der Waals surface area (Å²) in [6.45, 7) is 0.697. The van der Waals surface area contributed by atoms with Gasteiger partial charge in [-0.3, -0.25) is 9.78 Å². The summed E-state index contributed by atoms with van der Waals surface area (Å²) in [7, 11) is 1.35. The van der Waals surface area contributed by atoms with E-state index in [1.54, 1.807) is 42.7 Å². The molecule has 2 heterocycles. The van der Waals surface area contributed by atoms with Crippen LogP contribution in [0.1, 0.15) is 32.7 Å². The lowest BCUT2D eigenvalue weighted by Gasteiger charge is -2.29. The molecule has 0 unspecified atom stereocenters. The zero-order valence-corrected chi connectivity index (χ0v) is 16.1. The number of aromatic nitrogens is 1. The van der Waals surface area contributed by atoms with Crippen LogP contribution in [0.25, 0.3) is 0 Å². The number of nitrogens with zero attached hydrogens (tertiary/aromatic N) is 2. The highest BCUT2D eigenvalue weighted by Crippen LogP contribution is 2.28. The molecule has 3 aromatic rings. The number of methoxy groups -OCH3 is 1. The summed E-state index contributed by atoms with van der Waals surface area (Å²) in [4.78, 5) is 30.7. The highest BCUT2D eigenvalue weighted by Gasteiger charge is 2.23. The number of hydrogen-bond donors (Lipinski definition) is 1. The SMILES string of the molecule is COC(=O)c1ccc(Nc2cncc(C(=O)N3CCCc4ccccc43)c2)cc1. The number of aryl methyl sites for hydroxylation is 1. The first-order valence-electron chi connectivity index (χ1n) is 9.46. The number of fused-ring (bicyclic) bond motifs is 1. The highest BCUT2D eigenvalue weighted by molar-refractivity contribution is 6.07. The fourth-order valence-electron chi connectivity index (χ4n) is 3.50. The number of pyridine rings is 1. The zero-order valence-electron chi connectivity index (χ0n) is 16.1. The molecule has 0 saturated carbocycles. The quantitative estimate of drug-likeness (QED) is 0.679. The maximum atomic E-state index is 13.1. The van der Waals surface area contributed by atoms with Gasteiger partial charge in [-0.2, -0.15) is 0 Å². The van der Waals surface area contributed by atoms with Crippen molar-refractivity contribution in [2.45, 2.75) is 12.8 Å². The number of ether oxygens (including phenoxy) is 1. The van der Waals surface area contributed by atoms with E-state index in [0.29, 0.717) is 23.4 Å². The van der Waals surface area contributed by atoms with E-state index in [2.05, 4.69) is 16.4 Å². The smallest absolute Gasteiger partial charge is 0.337 e. The average molecular weight is 387 g/mol. The lowest BCUT2D eigenvalue weighted by atomic mass is 10.0. The van der Waals surface area contributed by atoms with E-state index >= 15 is 0 Å². The van der Waals surface area contributed by atoms with E-state index in [1.807, 2.05) is 23.1 Å². The summed E-state index contributed by atoms with van der Waals surface area (Å²) in [5, 5.41) is 3.22. The molecule has 0 bridgehead atoms. The average Bonchev–Trinajstić information content (AvgIpc) is 2.78. The lowest BCUT2D eigenvalue weighted by Crippen LogP contribution is -2.35. The Labute approximate surface area is 169 Å². The van der Waals surface area contributed by atoms with Crippen LogP contribution in [-0.2, 0) is 11.2 Å². The van der Waals surface area contributed by atoms with Crippen LogP contribution in [0.4, 0.5) is 17.1 Å². The summed E-state index contributed by atoms with van der Waals surface area (Å²) in [5.41, 5.74) is 4.65. The van der Waals surface area contributed by atoms with Gasteiger partial charge in [0.15, 0.2) is 0 Å². The first kappa shape index (κ1) is 18.7. The Morgan fingerprint density at radius 3 is 2.59 bits per heavy atom. The molecule has 0 fully saturated rings. The number of hydrogen-bond acceptors (Lipinski definition) is 5. The summed E-state index contributed by atoms with van der Waals surface area (Å²) in [5.74, 6) is -0.443. The molecule has 0 saturated heterocycles. The normalized spacial score (nSPS) is 12.8. The van der Waals surface area contributed by atoms with Crippen LogP contribution in [0.5, 0.6) is 0 Å². The monoisotopic (exact) mass is 387 g/mol. The van der Waals surface area contributed by atoms with Gasteiger partial charge in [-0.15, -0.1) is 0 Å². The van der Waals surface area contributed by atoms with Crippen LogP contribution >= 0.6 is 0 Å². The van der Waals surface area contributed by atoms with Gasteiger partial charge in [-0.25, -0.2) is 4.79 Å². The third-order valence-electron chi connectivity index (χ3n) is 4.94. The fraction of sp³-hybridized carbons (Fsp3) is 0.174. The van der Waals surface area contributed by atoms with Crippen LogP contribution in [0.15, 0.2) is 67.0 Å². The molecule has 0 atom stereocenters. The predicted octanol–water partition coefficient (Wildman–Crippen LogP) is 4.20.